The lowest BCUT2D eigenvalue weighted by atomic mass is 10.1. The van der Waals surface area contributed by atoms with Crippen LogP contribution >= 0.6 is 23.3 Å². The lowest BCUT2D eigenvalue weighted by Crippen LogP contribution is -2.35. The molecule has 6 nitrogen and oxygen atoms in total. The SMILES string of the molecule is CSN1CCC(Nc2ncc(C(F)(F)F)c(-c3cnc(N4CCCC4)s3)n2)CC1. The Labute approximate surface area is 176 Å². The average molecular weight is 445 g/mol. The van der Waals surface area contributed by atoms with Crippen LogP contribution in [0.1, 0.15) is 31.2 Å². The number of anilines is 2. The molecule has 2 aliphatic heterocycles. The fraction of sp³-hybridized carbons (Fsp3) is 0.611. The number of thiazole rings is 1. The number of aromatic nitrogens is 3. The van der Waals surface area contributed by atoms with Crippen molar-refractivity contribution in [3.05, 3.63) is 18.0 Å². The second kappa shape index (κ2) is 8.65. The van der Waals surface area contributed by atoms with Gasteiger partial charge in [-0.3, -0.25) is 4.31 Å². The van der Waals surface area contributed by atoms with Gasteiger partial charge in [-0.15, -0.1) is 0 Å². The van der Waals surface area contributed by atoms with Gasteiger partial charge in [-0.25, -0.2) is 15.0 Å². The summed E-state index contributed by atoms with van der Waals surface area (Å²) in [5, 5.41) is 3.98. The molecular weight excluding hydrogens is 421 g/mol. The molecular formula is C18H23F3N6S2. The molecule has 2 aromatic heterocycles. The van der Waals surface area contributed by atoms with Gasteiger partial charge in [0.05, 0.1) is 10.6 Å². The third-order valence-corrected chi connectivity index (χ3v) is 7.19. The van der Waals surface area contributed by atoms with Crippen LogP contribution in [0.5, 0.6) is 0 Å². The fourth-order valence-corrected chi connectivity index (χ4v) is 5.19. The summed E-state index contributed by atoms with van der Waals surface area (Å²) >= 11 is 2.97. The van der Waals surface area contributed by atoms with Crippen molar-refractivity contribution >= 4 is 34.4 Å². The minimum atomic E-state index is -4.52. The average Bonchev–Trinajstić information content (AvgIpc) is 3.39. The van der Waals surface area contributed by atoms with Crippen LogP contribution in [0.15, 0.2) is 12.4 Å². The molecule has 0 saturated carbocycles. The first kappa shape index (κ1) is 20.7. The predicted octanol–water partition coefficient (Wildman–Crippen LogP) is 4.37. The summed E-state index contributed by atoms with van der Waals surface area (Å²) in [5.74, 6) is 0.242. The van der Waals surface area contributed by atoms with Crippen LogP contribution in [-0.2, 0) is 6.18 Å². The van der Waals surface area contributed by atoms with Crippen LogP contribution in [0.2, 0.25) is 0 Å². The number of alkyl halides is 3. The van der Waals surface area contributed by atoms with Gasteiger partial charge in [0.1, 0.15) is 5.56 Å². The molecule has 0 spiro atoms. The van der Waals surface area contributed by atoms with E-state index in [-0.39, 0.29) is 17.7 Å². The van der Waals surface area contributed by atoms with Crippen molar-refractivity contribution in [1.82, 2.24) is 19.3 Å². The highest BCUT2D eigenvalue weighted by molar-refractivity contribution is 7.96. The molecule has 11 heteroatoms. The third-order valence-electron chi connectivity index (χ3n) is 5.24. The molecule has 0 amide bonds. The van der Waals surface area contributed by atoms with Gasteiger partial charge in [0.25, 0.3) is 0 Å². The number of piperidine rings is 1. The Hall–Kier alpha value is -1.59. The van der Waals surface area contributed by atoms with E-state index in [2.05, 4.69) is 29.5 Å². The van der Waals surface area contributed by atoms with E-state index in [9.17, 15) is 13.2 Å². The van der Waals surface area contributed by atoms with Gasteiger partial charge in [0.2, 0.25) is 5.95 Å². The van der Waals surface area contributed by atoms with E-state index in [1.807, 2.05) is 6.26 Å². The largest absolute Gasteiger partial charge is 0.420 e. The van der Waals surface area contributed by atoms with Crippen molar-refractivity contribution < 1.29 is 13.2 Å². The zero-order valence-corrected chi connectivity index (χ0v) is 17.7. The van der Waals surface area contributed by atoms with Crippen molar-refractivity contribution in [2.45, 2.75) is 37.9 Å². The zero-order valence-electron chi connectivity index (χ0n) is 16.1. The van der Waals surface area contributed by atoms with Gasteiger partial charge in [0.15, 0.2) is 5.13 Å². The number of rotatable bonds is 5. The van der Waals surface area contributed by atoms with E-state index in [4.69, 9.17) is 0 Å². The van der Waals surface area contributed by atoms with Crippen molar-refractivity contribution in [3.63, 3.8) is 0 Å². The number of nitrogens with zero attached hydrogens (tertiary/aromatic N) is 5. The van der Waals surface area contributed by atoms with Crippen molar-refractivity contribution in [2.24, 2.45) is 0 Å². The molecule has 29 heavy (non-hydrogen) atoms. The molecule has 2 saturated heterocycles. The van der Waals surface area contributed by atoms with Gasteiger partial charge in [-0.2, -0.15) is 13.2 Å². The van der Waals surface area contributed by atoms with Crippen LogP contribution in [0, 0.1) is 0 Å². The van der Waals surface area contributed by atoms with Crippen LogP contribution in [-0.4, -0.2) is 57.7 Å². The smallest absolute Gasteiger partial charge is 0.351 e. The van der Waals surface area contributed by atoms with Gasteiger partial charge >= 0.3 is 6.18 Å². The molecule has 0 atom stereocenters. The highest BCUT2D eigenvalue weighted by Crippen LogP contribution is 2.40. The maximum atomic E-state index is 13.6. The minimum absolute atomic E-state index is 0.0977. The van der Waals surface area contributed by atoms with E-state index in [0.717, 1.165) is 63.2 Å². The normalized spacial score (nSPS) is 19.1. The van der Waals surface area contributed by atoms with Gasteiger partial charge in [-0.1, -0.05) is 23.3 Å². The second-order valence-electron chi connectivity index (χ2n) is 7.19. The summed E-state index contributed by atoms with van der Waals surface area (Å²) in [7, 11) is 0. The van der Waals surface area contributed by atoms with E-state index in [1.54, 1.807) is 11.9 Å². The van der Waals surface area contributed by atoms with Crippen LogP contribution in [0.3, 0.4) is 0 Å². The van der Waals surface area contributed by atoms with Gasteiger partial charge < -0.3 is 10.2 Å². The maximum Gasteiger partial charge on any atom is 0.420 e. The summed E-state index contributed by atoms with van der Waals surface area (Å²) in [6.45, 7) is 3.65. The molecule has 0 aliphatic carbocycles. The summed E-state index contributed by atoms with van der Waals surface area (Å²) in [5.41, 5.74) is -0.920. The number of hydrogen-bond acceptors (Lipinski definition) is 8. The molecule has 0 unspecified atom stereocenters. The molecule has 4 rings (SSSR count). The summed E-state index contributed by atoms with van der Waals surface area (Å²) in [4.78, 5) is 15.1. The Balaban J connectivity index is 1.58. The van der Waals surface area contributed by atoms with Crippen LogP contribution in [0.25, 0.3) is 10.6 Å². The topological polar surface area (TPSA) is 57.2 Å². The Morgan fingerprint density at radius 2 is 1.83 bits per heavy atom. The van der Waals surface area contributed by atoms with Gasteiger partial charge in [0, 0.05) is 44.6 Å². The van der Waals surface area contributed by atoms with Crippen molar-refractivity contribution in [1.29, 1.82) is 0 Å². The minimum Gasteiger partial charge on any atom is -0.351 e. The fourth-order valence-electron chi connectivity index (χ4n) is 3.64. The quantitative estimate of drug-likeness (QED) is 0.687. The summed E-state index contributed by atoms with van der Waals surface area (Å²) < 4.78 is 43.0. The standard InChI is InChI=1S/C18H23F3N6S2/c1-28-27-8-4-12(5-9-27)24-16-22-10-13(18(19,20)21)15(25-16)14-11-23-17(29-14)26-6-2-3-7-26/h10-12H,2-9H2,1H3,(H,22,24,25). The summed E-state index contributed by atoms with van der Waals surface area (Å²) in [6, 6.07) is 0.157. The Morgan fingerprint density at radius 1 is 1.10 bits per heavy atom. The number of hydrogen-bond donors (Lipinski definition) is 1. The molecule has 2 aromatic rings. The lowest BCUT2D eigenvalue weighted by molar-refractivity contribution is -0.137. The Kier molecular flexibility index (Phi) is 6.16. The molecule has 2 aliphatic rings. The first-order valence-electron chi connectivity index (χ1n) is 9.65. The third kappa shape index (κ3) is 4.77. The highest BCUT2D eigenvalue weighted by Gasteiger charge is 2.36. The van der Waals surface area contributed by atoms with E-state index in [1.165, 1.54) is 17.5 Å². The monoisotopic (exact) mass is 444 g/mol. The molecule has 0 bridgehead atoms. The van der Waals surface area contributed by atoms with E-state index >= 15 is 0 Å². The Morgan fingerprint density at radius 3 is 2.48 bits per heavy atom. The second-order valence-corrected chi connectivity index (χ2v) is 9.08. The Bertz CT molecular complexity index is 829. The highest BCUT2D eigenvalue weighted by atomic mass is 32.2. The lowest BCUT2D eigenvalue weighted by Gasteiger charge is -2.30. The number of halogens is 3. The first-order chi connectivity index (χ1) is 13.9. The van der Waals surface area contributed by atoms with Crippen LogP contribution in [0.4, 0.5) is 24.3 Å². The summed E-state index contributed by atoms with van der Waals surface area (Å²) in [6.07, 6.45) is 3.88. The molecule has 4 heterocycles. The zero-order chi connectivity index (χ0) is 20.4. The first-order valence-corrected chi connectivity index (χ1v) is 11.6. The van der Waals surface area contributed by atoms with Crippen LogP contribution < -0.4 is 10.2 Å². The predicted molar refractivity (Wildman–Crippen MR) is 111 cm³/mol. The molecule has 158 valence electrons. The molecule has 0 aromatic carbocycles. The maximum absolute atomic E-state index is 13.6. The van der Waals surface area contributed by atoms with E-state index < -0.39 is 11.7 Å². The van der Waals surface area contributed by atoms with Gasteiger partial charge in [-0.05, 0) is 31.9 Å². The molecule has 1 N–H and O–H groups in total. The molecule has 0 radical (unpaired) electrons. The number of nitrogens with one attached hydrogen (secondary N) is 1. The van der Waals surface area contributed by atoms with E-state index in [0.29, 0.717) is 4.88 Å². The van der Waals surface area contributed by atoms with Crippen molar-refractivity contribution in [2.75, 3.05) is 42.7 Å². The van der Waals surface area contributed by atoms with Crippen molar-refractivity contribution in [3.8, 4) is 10.6 Å². The molecule has 2 fully saturated rings.